The first-order chi connectivity index (χ1) is 13.2. The van der Waals surface area contributed by atoms with Gasteiger partial charge in [-0.05, 0) is 29.7 Å². The van der Waals surface area contributed by atoms with Gasteiger partial charge >= 0.3 is 0 Å². The Bertz CT molecular complexity index is 874. The molecule has 0 saturated heterocycles. The standard InChI is InChI=1S/C20H21N3O4.ClH/c24-19(23-15-5-6-17-18(10-15)27-8-7-26-17)12-22-20(25)16-9-13-3-1-2-4-14(13)11-21-16;/h1-6,10,16,21H,7-9,11-12H2,(H,22,25)(H,23,24);1H/t16-;/m0./s1. The fourth-order valence-corrected chi connectivity index (χ4v) is 3.26. The van der Waals surface area contributed by atoms with E-state index in [2.05, 4.69) is 22.0 Å². The van der Waals surface area contributed by atoms with E-state index in [0.717, 1.165) is 5.56 Å². The minimum atomic E-state index is -0.331. The number of nitrogens with one attached hydrogen (secondary N) is 3. The first-order valence-corrected chi connectivity index (χ1v) is 8.96. The third-order valence-corrected chi connectivity index (χ3v) is 4.65. The molecule has 1 atom stereocenters. The summed E-state index contributed by atoms with van der Waals surface area (Å²) < 4.78 is 11.0. The van der Waals surface area contributed by atoms with Gasteiger partial charge in [-0.25, -0.2) is 0 Å². The van der Waals surface area contributed by atoms with Gasteiger partial charge in [-0.1, -0.05) is 24.3 Å². The molecule has 4 rings (SSSR count). The number of amides is 2. The van der Waals surface area contributed by atoms with Gasteiger partial charge < -0.3 is 25.4 Å². The highest BCUT2D eigenvalue weighted by atomic mass is 35.5. The largest absolute Gasteiger partial charge is 0.486 e. The molecule has 2 aromatic rings. The summed E-state index contributed by atoms with van der Waals surface area (Å²) in [7, 11) is 0. The summed E-state index contributed by atoms with van der Waals surface area (Å²) in [5.74, 6) is 0.794. The predicted octanol–water partition coefficient (Wildman–Crippen LogP) is 1.65. The molecule has 2 aromatic carbocycles. The molecule has 0 aromatic heterocycles. The summed E-state index contributed by atoms with van der Waals surface area (Å²) in [4.78, 5) is 24.5. The van der Waals surface area contributed by atoms with Crippen LogP contribution in [0.5, 0.6) is 11.5 Å². The monoisotopic (exact) mass is 403 g/mol. The second-order valence-electron chi connectivity index (χ2n) is 6.53. The van der Waals surface area contributed by atoms with Crippen molar-refractivity contribution in [1.82, 2.24) is 10.6 Å². The number of hydrogen-bond donors (Lipinski definition) is 3. The maximum absolute atomic E-state index is 12.4. The molecule has 2 amide bonds. The maximum Gasteiger partial charge on any atom is 0.243 e. The lowest BCUT2D eigenvalue weighted by atomic mass is 9.95. The molecule has 0 fully saturated rings. The van der Waals surface area contributed by atoms with Crippen molar-refractivity contribution in [3.8, 4) is 11.5 Å². The van der Waals surface area contributed by atoms with E-state index < -0.39 is 0 Å². The molecule has 7 nitrogen and oxygen atoms in total. The van der Waals surface area contributed by atoms with Crippen molar-refractivity contribution >= 4 is 29.9 Å². The van der Waals surface area contributed by atoms with Crippen molar-refractivity contribution in [2.24, 2.45) is 0 Å². The lowest BCUT2D eigenvalue weighted by Crippen LogP contribution is -2.49. The van der Waals surface area contributed by atoms with Gasteiger partial charge in [-0.15, -0.1) is 12.4 Å². The minimum absolute atomic E-state index is 0. The van der Waals surface area contributed by atoms with Crippen LogP contribution in [0.3, 0.4) is 0 Å². The highest BCUT2D eigenvalue weighted by Crippen LogP contribution is 2.32. The highest BCUT2D eigenvalue weighted by molar-refractivity contribution is 5.95. The fraction of sp³-hybridized carbons (Fsp3) is 0.300. The Labute approximate surface area is 169 Å². The van der Waals surface area contributed by atoms with Gasteiger partial charge in [0.1, 0.15) is 13.2 Å². The summed E-state index contributed by atoms with van der Waals surface area (Å²) in [6.07, 6.45) is 0.617. The minimum Gasteiger partial charge on any atom is -0.486 e. The van der Waals surface area contributed by atoms with Crippen LogP contribution in [-0.4, -0.2) is 37.6 Å². The molecule has 8 heteroatoms. The van der Waals surface area contributed by atoms with Crippen LogP contribution in [0.15, 0.2) is 42.5 Å². The number of halogens is 1. The topological polar surface area (TPSA) is 88.7 Å². The lowest BCUT2D eigenvalue weighted by Gasteiger charge is -2.25. The molecule has 148 valence electrons. The Morgan fingerprint density at radius 2 is 1.79 bits per heavy atom. The molecule has 0 saturated carbocycles. The summed E-state index contributed by atoms with van der Waals surface area (Å²) in [5, 5.41) is 8.66. The zero-order chi connectivity index (χ0) is 18.6. The number of carbonyl (C=O) groups excluding carboxylic acids is 2. The van der Waals surface area contributed by atoms with Crippen LogP contribution in [0, 0.1) is 0 Å². The van der Waals surface area contributed by atoms with Crippen LogP contribution in [0.1, 0.15) is 11.1 Å². The van der Waals surface area contributed by atoms with Gasteiger partial charge in [0.25, 0.3) is 0 Å². The van der Waals surface area contributed by atoms with Crippen molar-refractivity contribution in [3.63, 3.8) is 0 Å². The third kappa shape index (κ3) is 4.55. The van der Waals surface area contributed by atoms with Crippen molar-refractivity contribution in [1.29, 1.82) is 0 Å². The second kappa shape index (κ2) is 8.95. The van der Waals surface area contributed by atoms with Gasteiger partial charge in [-0.2, -0.15) is 0 Å². The normalized spacial score (nSPS) is 16.9. The van der Waals surface area contributed by atoms with Crippen molar-refractivity contribution in [2.75, 3.05) is 25.1 Å². The van der Waals surface area contributed by atoms with Crippen LogP contribution in [-0.2, 0) is 22.6 Å². The molecule has 0 unspecified atom stereocenters. The highest BCUT2D eigenvalue weighted by Gasteiger charge is 2.24. The fourth-order valence-electron chi connectivity index (χ4n) is 3.26. The van der Waals surface area contributed by atoms with Gasteiger partial charge in [0.05, 0.1) is 12.6 Å². The van der Waals surface area contributed by atoms with Crippen molar-refractivity contribution < 1.29 is 19.1 Å². The number of ether oxygens (including phenoxy) is 2. The van der Waals surface area contributed by atoms with Crippen LogP contribution in [0.4, 0.5) is 5.69 Å². The summed E-state index contributed by atoms with van der Waals surface area (Å²) in [5.41, 5.74) is 2.97. The lowest BCUT2D eigenvalue weighted by molar-refractivity contribution is -0.125. The molecule has 2 aliphatic heterocycles. The van der Waals surface area contributed by atoms with Crippen LogP contribution in [0.2, 0.25) is 0 Å². The molecule has 0 bridgehead atoms. The Hall–Kier alpha value is -2.77. The van der Waals surface area contributed by atoms with Gasteiger partial charge in [0.15, 0.2) is 11.5 Å². The quantitative estimate of drug-likeness (QED) is 0.722. The van der Waals surface area contributed by atoms with E-state index in [-0.39, 0.29) is 36.8 Å². The zero-order valence-electron chi connectivity index (χ0n) is 15.2. The average molecular weight is 404 g/mol. The Kier molecular flexibility index (Phi) is 6.38. The average Bonchev–Trinajstić information content (AvgIpc) is 2.71. The molecular formula is C20H22ClN3O4. The van der Waals surface area contributed by atoms with E-state index in [0.29, 0.717) is 43.4 Å². The summed E-state index contributed by atoms with van der Waals surface area (Å²) >= 11 is 0. The van der Waals surface area contributed by atoms with E-state index >= 15 is 0 Å². The molecule has 28 heavy (non-hydrogen) atoms. The molecule has 2 aliphatic rings. The molecular weight excluding hydrogens is 382 g/mol. The number of hydrogen-bond acceptors (Lipinski definition) is 5. The number of anilines is 1. The van der Waals surface area contributed by atoms with E-state index in [4.69, 9.17) is 9.47 Å². The first-order valence-electron chi connectivity index (χ1n) is 8.96. The maximum atomic E-state index is 12.4. The number of benzene rings is 2. The zero-order valence-corrected chi connectivity index (χ0v) is 16.0. The van der Waals surface area contributed by atoms with E-state index in [1.54, 1.807) is 18.2 Å². The van der Waals surface area contributed by atoms with Crippen LogP contribution < -0.4 is 25.4 Å². The van der Waals surface area contributed by atoms with E-state index in [1.807, 2.05) is 18.2 Å². The number of fused-ring (bicyclic) bond motifs is 2. The molecule has 0 spiro atoms. The number of rotatable bonds is 4. The van der Waals surface area contributed by atoms with Crippen LogP contribution in [0.25, 0.3) is 0 Å². The second-order valence-corrected chi connectivity index (χ2v) is 6.53. The Morgan fingerprint density at radius 1 is 1.04 bits per heavy atom. The molecule has 2 heterocycles. The Balaban J connectivity index is 0.00000225. The smallest absolute Gasteiger partial charge is 0.243 e. The molecule has 0 radical (unpaired) electrons. The third-order valence-electron chi connectivity index (χ3n) is 4.65. The van der Waals surface area contributed by atoms with E-state index in [1.165, 1.54) is 5.56 Å². The summed E-state index contributed by atoms with van der Waals surface area (Å²) in [6.45, 7) is 1.56. The Morgan fingerprint density at radius 3 is 2.61 bits per heavy atom. The van der Waals surface area contributed by atoms with Gasteiger partial charge in [-0.3, -0.25) is 9.59 Å². The molecule has 3 N–H and O–H groups in total. The van der Waals surface area contributed by atoms with Gasteiger partial charge in [0.2, 0.25) is 11.8 Å². The van der Waals surface area contributed by atoms with Gasteiger partial charge in [0, 0.05) is 18.3 Å². The summed E-state index contributed by atoms with van der Waals surface area (Å²) in [6, 6.07) is 12.9. The van der Waals surface area contributed by atoms with Crippen molar-refractivity contribution in [3.05, 3.63) is 53.6 Å². The van der Waals surface area contributed by atoms with Crippen molar-refractivity contribution in [2.45, 2.75) is 19.0 Å². The van der Waals surface area contributed by atoms with Crippen LogP contribution >= 0.6 is 12.4 Å². The SMILES string of the molecule is Cl.O=C(CNC(=O)[C@@H]1Cc2ccccc2CN1)Nc1ccc2c(c1)OCCO2. The first kappa shape index (κ1) is 20.0. The van der Waals surface area contributed by atoms with E-state index in [9.17, 15) is 9.59 Å². The number of carbonyl (C=O) groups is 2. The molecule has 0 aliphatic carbocycles. The predicted molar refractivity (Wildman–Crippen MR) is 107 cm³/mol.